The quantitative estimate of drug-likeness (QED) is 0.107. The molecule has 2 heterocycles. The molecule has 2 aliphatic carbocycles. The second-order valence-electron chi connectivity index (χ2n) is 20.9. The average molecular weight is 959 g/mol. The van der Waals surface area contributed by atoms with E-state index in [2.05, 4.69) is 86.0 Å². The van der Waals surface area contributed by atoms with Crippen molar-refractivity contribution >= 4 is 43.6 Å². The second-order valence-corrected chi connectivity index (χ2v) is 22.5. The standard InChI is InChI=1S/C27H37NO3.C19H23NO3.C9H18O3S.CH4/c1-4-30-26(29)21-12-16-28(17-13-21)19-20-8-9-24-22(18-20)6-5-7-25(24)31-23-10-14-27(2,3)15-11-23;1-2-23-19(22)15-8-10-20(11-9-15)13-14-6-7-17-16(12-14)4-3-5-18(17)21;1-9(2)6-4-8(5-7-9)12-13(3,10)11;/h5-9,18,21,23H,4,10-17,19H2,1-3H3;3-7,12,15,21H,2,8-11,13H2,1H3;8H,4-7H2,1-3H3;1H4. The number of benzene rings is 4. The number of phenolic OH excluding ortho intramolecular Hbond substituents is 1. The largest absolute Gasteiger partial charge is 0.507 e. The maximum absolute atomic E-state index is 12.0. The molecule has 2 saturated heterocycles. The lowest BCUT2D eigenvalue weighted by Crippen LogP contribution is -2.36. The van der Waals surface area contributed by atoms with Crippen LogP contribution in [0.5, 0.6) is 11.5 Å². The molecule has 0 unspecified atom stereocenters. The molecule has 2 aliphatic heterocycles. The Kier molecular flexibility index (Phi) is 20.2. The molecule has 68 heavy (non-hydrogen) atoms. The second kappa shape index (κ2) is 25.1. The molecule has 4 aromatic carbocycles. The molecule has 2 saturated carbocycles. The number of piperidine rings is 2. The van der Waals surface area contributed by atoms with Crippen molar-refractivity contribution in [3.05, 3.63) is 83.9 Å². The minimum absolute atomic E-state index is 0. The molecule has 0 bridgehead atoms. The lowest BCUT2D eigenvalue weighted by atomic mass is 9.76. The number of hydrogen-bond acceptors (Lipinski definition) is 11. The summed E-state index contributed by atoms with van der Waals surface area (Å²) in [5, 5.41) is 14.2. The molecule has 0 radical (unpaired) electrons. The van der Waals surface area contributed by atoms with E-state index >= 15 is 0 Å². The fourth-order valence-corrected chi connectivity index (χ4v) is 10.7. The lowest BCUT2D eigenvalue weighted by molar-refractivity contribution is -0.150. The minimum Gasteiger partial charge on any atom is -0.507 e. The predicted octanol–water partition coefficient (Wildman–Crippen LogP) is 11.9. The van der Waals surface area contributed by atoms with Crippen molar-refractivity contribution in [1.82, 2.24) is 9.80 Å². The first-order chi connectivity index (χ1) is 31.9. The molecule has 12 heteroatoms. The van der Waals surface area contributed by atoms with E-state index in [0.717, 1.165) is 126 Å². The average Bonchev–Trinajstić information content (AvgIpc) is 3.29. The van der Waals surface area contributed by atoms with E-state index in [1.807, 2.05) is 32.0 Å². The maximum atomic E-state index is 12.0. The van der Waals surface area contributed by atoms with Crippen LogP contribution in [-0.2, 0) is 46.5 Å². The number of ether oxygens (including phenoxy) is 3. The van der Waals surface area contributed by atoms with Gasteiger partial charge >= 0.3 is 11.9 Å². The van der Waals surface area contributed by atoms with Gasteiger partial charge in [0, 0.05) is 23.9 Å². The van der Waals surface area contributed by atoms with Gasteiger partial charge in [0.1, 0.15) is 11.5 Å². The van der Waals surface area contributed by atoms with Gasteiger partial charge in [-0.05, 0) is 174 Å². The molecular formula is C56H82N2O9S. The first-order valence-electron chi connectivity index (χ1n) is 24.9. The molecule has 0 spiro atoms. The van der Waals surface area contributed by atoms with Crippen LogP contribution in [0.3, 0.4) is 0 Å². The Morgan fingerprint density at radius 3 is 1.50 bits per heavy atom. The molecule has 8 rings (SSSR count). The highest BCUT2D eigenvalue weighted by atomic mass is 32.2. The number of hydrogen-bond donors (Lipinski definition) is 1. The van der Waals surface area contributed by atoms with Gasteiger partial charge in [-0.25, -0.2) is 0 Å². The summed E-state index contributed by atoms with van der Waals surface area (Å²) in [6.07, 6.45) is 13.5. The summed E-state index contributed by atoms with van der Waals surface area (Å²) in [6, 6.07) is 24.9. The molecule has 376 valence electrons. The van der Waals surface area contributed by atoms with E-state index in [0.29, 0.717) is 35.9 Å². The highest BCUT2D eigenvalue weighted by Gasteiger charge is 2.31. The van der Waals surface area contributed by atoms with Crippen LogP contribution in [-0.4, -0.2) is 93.1 Å². The van der Waals surface area contributed by atoms with Crippen molar-refractivity contribution in [2.24, 2.45) is 22.7 Å². The van der Waals surface area contributed by atoms with Crippen LogP contribution in [0.25, 0.3) is 21.5 Å². The van der Waals surface area contributed by atoms with Gasteiger partial charge in [0.15, 0.2) is 0 Å². The summed E-state index contributed by atoms with van der Waals surface area (Å²) >= 11 is 0. The molecule has 4 aromatic rings. The zero-order chi connectivity index (χ0) is 48.2. The van der Waals surface area contributed by atoms with Gasteiger partial charge in [-0.15, -0.1) is 0 Å². The highest BCUT2D eigenvalue weighted by molar-refractivity contribution is 7.86. The molecule has 1 N–H and O–H groups in total. The maximum Gasteiger partial charge on any atom is 0.309 e. The third-order valence-corrected chi connectivity index (χ3v) is 14.9. The molecule has 0 atom stereocenters. The van der Waals surface area contributed by atoms with Crippen LogP contribution in [0.15, 0.2) is 72.8 Å². The van der Waals surface area contributed by atoms with Crippen molar-refractivity contribution in [2.75, 3.05) is 45.6 Å². The van der Waals surface area contributed by atoms with E-state index in [-0.39, 0.29) is 37.3 Å². The van der Waals surface area contributed by atoms with Gasteiger partial charge in [-0.3, -0.25) is 23.6 Å². The number of esters is 2. The van der Waals surface area contributed by atoms with Crippen LogP contribution in [0, 0.1) is 22.7 Å². The topological polar surface area (TPSA) is 132 Å². The van der Waals surface area contributed by atoms with E-state index in [9.17, 15) is 23.1 Å². The highest BCUT2D eigenvalue weighted by Crippen LogP contribution is 2.39. The third kappa shape index (κ3) is 16.7. The molecule has 4 fully saturated rings. The summed E-state index contributed by atoms with van der Waals surface area (Å²) in [5.74, 6) is 1.39. The van der Waals surface area contributed by atoms with Crippen LogP contribution in [0.4, 0.5) is 0 Å². The van der Waals surface area contributed by atoms with Crippen LogP contribution in [0.2, 0.25) is 0 Å². The number of rotatable bonds is 12. The Balaban J connectivity index is 0.000000205. The van der Waals surface area contributed by atoms with Crippen LogP contribution < -0.4 is 4.74 Å². The van der Waals surface area contributed by atoms with E-state index < -0.39 is 10.1 Å². The molecule has 4 aliphatic rings. The molecule has 0 amide bonds. The van der Waals surface area contributed by atoms with E-state index in [1.54, 1.807) is 6.07 Å². The number of phenols is 1. The summed E-state index contributed by atoms with van der Waals surface area (Å²) in [7, 11) is -3.26. The smallest absolute Gasteiger partial charge is 0.309 e. The van der Waals surface area contributed by atoms with Crippen LogP contribution in [0.1, 0.15) is 137 Å². The summed E-state index contributed by atoms with van der Waals surface area (Å²) in [4.78, 5) is 28.6. The lowest BCUT2D eigenvalue weighted by Gasteiger charge is -2.34. The minimum atomic E-state index is -3.26. The van der Waals surface area contributed by atoms with Gasteiger partial charge in [-0.2, -0.15) is 8.42 Å². The Morgan fingerprint density at radius 2 is 1.04 bits per heavy atom. The van der Waals surface area contributed by atoms with Crippen molar-refractivity contribution in [3.63, 3.8) is 0 Å². The first-order valence-corrected chi connectivity index (χ1v) is 26.8. The molecule has 11 nitrogen and oxygen atoms in total. The monoisotopic (exact) mass is 959 g/mol. The number of aromatic hydroxyl groups is 1. The number of nitrogens with zero attached hydrogens (tertiary/aromatic N) is 2. The molecular weight excluding hydrogens is 877 g/mol. The van der Waals surface area contributed by atoms with Gasteiger partial charge < -0.3 is 19.3 Å². The van der Waals surface area contributed by atoms with E-state index in [1.165, 1.54) is 34.7 Å². The number of likely N-dealkylation sites (tertiary alicyclic amines) is 2. The SMILES string of the molecule is C.CC1(C)CCC(OS(C)(=O)=O)CC1.CCOC(=O)C1CCN(Cc2ccc3c(O)cccc3c2)CC1.CCOC(=O)C1CCN(Cc2ccc3c(OC4CCC(C)(C)CC4)cccc3c2)CC1. The van der Waals surface area contributed by atoms with E-state index in [4.69, 9.17) is 18.4 Å². The fraction of sp³-hybridized carbons (Fsp3) is 0.607. The zero-order valence-corrected chi connectivity index (χ0v) is 42.2. The van der Waals surface area contributed by atoms with Gasteiger partial charge in [-0.1, -0.05) is 83.7 Å². The summed E-state index contributed by atoms with van der Waals surface area (Å²) < 4.78 is 43.4. The Morgan fingerprint density at radius 1 is 0.618 bits per heavy atom. The van der Waals surface area contributed by atoms with Gasteiger partial charge in [0.2, 0.25) is 0 Å². The third-order valence-electron chi connectivity index (χ3n) is 14.2. The fourth-order valence-electron chi connectivity index (χ4n) is 10.00. The van der Waals surface area contributed by atoms with Crippen molar-refractivity contribution in [3.8, 4) is 11.5 Å². The Labute approximate surface area is 408 Å². The van der Waals surface area contributed by atoms with Gasteiger partial charge in [0.25, 0.3) is 10.1 Å². The van der Waals surface area contributed by atoms with Crippen LogP contribution >= 0.6 is 0 Å². The van der Waals surface area contributed by atoms with Gasteiger partial charge in [0.05, 0.1) is 43.5 Å². The summed E-state index contributed by atoms with van der Waals surface area (Å²) in [5.41, 5.74) is 3.37. The Bertz CT molecular complexity index is 2330. The normalized spacial score (nSPS) is 19.7. The number of carbonyl (C=O) groups is 2. The molecule has 0 aromatic heterocycles. The number of carbonyl (C=O) groups excluding carboxylic acids is 2. The predicted molar refractivity (Wildman–Crippen MR) is 274 cm³/mol. The van der Waals surface area contributed by atoms with Crippen molar-refractivity contribution in [1.29, 1.82) is 0 Å². The summed E-state index contributed by atoms with van der Waals surface area (Å²) in [6.45, 7) is 19.3. The zero-order valence-electron chi connectivity index (χ0n) is 41.4. The number of fused-ring (bicyclic) bond motifs is 2. The van der Waals surface area contributed by atoms with Crippen molar-refractivity contribution in [2.45, 2.75) is 151 Å². The first kappa shape index (κ1) is 54.7. The Hall–Kier alpha value is -4.23. The van der Waals surface area contributed by atoms with Crippen molar-refractivity contribution < 1.29 is 41.5 Å².